The van der Waals surface area contributed by atoms with E-state index in [-0.39, 0.29) is 0 Å². The van der Waals surface area contributed by atoms with Crippen LogP contribution < -0.4 is 9.64 Å². The number of nitrogens with zero attached hydrogens (tertiary/aromatic N) is 2. The summed E-state index contributed by atoms with van der Waals surface area (Å²) in [6, 6.07) is 6.18. The van der Waals surface area contributed by atoms with E-state index in [0.29, 0.717) is 5.25 Å². The molecule has 0 aliphatic carbocycles. The van der Waals surface area contributed by atoms with Gasteiger partial charge in [0, 0.05) is 35.7 Å². The summed E-state index contributed by atoms with van der Waals surface area (Å²) < 4.78 is 5.45. The third kappa shape index (κ3) is 2.33. The molecule has 0 amide bonds. The van der Waals surface area contributed by atoms with Gasteiger partial charge in [0.15, 0.2) is 0 Å². The molecule has 1 atom stereocenters. The van der Waals surface area contributed by atoms with E-state index in [4.69, 9.17) is 4.74 Å². The Bertz CT molecular complexity index is 629. The molecule has 1 fully saturated rings. The minimum absolute atomic E-state index is 0.678. The summed E-state index contributed by atoms with van der Waals surface area (Å²) in [6.07, 6.45) is 1.96. The number of hydrogen-bond acceptors (Lipinski definition) is 4. The van der Waals surface area contributed by atoms with Crippen molar-refractivity contribution < 1.29 is 4.74 Å². The lowest BCUT2D eigenvalue weighted by Crippen LogP contribution is -2.37. The van der Waals surface area contributed by atoms with Crippen LogP contribution in [0.5, 0.6) is 5.75 Å². The number of fused-ring (bicyclic) bond motifs is 1. The fraction of sp³-hybridized carbons (Fsp3) is 0.438. The predicted octanol–water partition coefficient (Wildman–Crippen LogP) is 3.49. The molecule has 0 bridgehead atoms. The SMILES string of the molecule is COc1cccc2c(N3CCSC(C)C3)c(C)cnc12. The maximum absolute atomic E-state index is 5.45. The molecule has 20 heavy (non-hydrogen) atoms. The average Bonchev–Trinajstić information content (AvgIpc) is 2.46. The average molecular weight is 288 g/mol. The Hall–Kier alpha value is -1.42. The number of thioether (sulfide) groups is 1. The normalized spacial score (nSPS) is 19.4. The molecular formula is C16H20N2OS. The van der Waals surface area contributed by atoms with Crippen molar-refractivity contribution in [3.05, 3.63) is 30.0 Å². The number of benzene rings is 1. The second-order valence-corrected chi connectivity index (χ2v) is 6.82. The first-order chi connectivity index (χ1) is 9.70. The fourth-order valence-electron chi connectivity index (χ4n) is 2.89. The number of para-hydroxylation sites is 1. The van der Waals surface area contributed by atoms with Gasteiger partial charge in [-0.3, -0.25) is 4.98 Å². The molecular weight excluding hydrogens is 268 g/mol. The number of pyridine rings is 1. The van der Waals surface area contributed by atoms with Crippen molar-refractivity contribution in [1.82, 2.24) is 4.98 Å². The number of methoxy groups -OCH3 is 1. The van der Waals surface area contributed by atoms with Crippen molar-refractivity contribution in [2.75, 3.05) is 30.9 Å². The molecule has 2 heterocycles. The maximum Gasteiger partial charge on any atom is 0.145 e. The van der Waals surface area contributed by atoms with E-state index in [9.17, 15) is 0 Å². The molecule has 4 heteroatoms. The largest absolute Gasteiger partial charge is 0.494 e. The lowest BCUT2D eigenvalue weighted by Gasteiger charge is -2.34. The highest BCUT2D eigenvalue weighted by molar-refractivity contribution is 8.00. The number of anilines is 1. The zero-order chi connectivity index (χ0) is 14.1. The Kier molecular flexibility index (Phi) is 3.74. The van der Waals surface area contributed by atoms with Crippen molar-refractivity contribution in [2.45, 2.75) is 19.1 Å². The standard InChI is InChI=1S/C16H20N2OS/c1-11-9-17-15-13(5-4-6-14(15)19-3)16(11)18-7-8-20-12(2)10-18/h4-6,9,12H,7-8,10H2,1-3H3. The lowest BCUT2D eigenvalue weighted by atomic mass is 10.1. The third-order valence-electron chi connectivity index (χ3n) is 3.79. The molecule has 106 valence electrons. The summed E-state index contributed by atoms with van der Waals surface area (Å²) >= 11 is 2.05. The molecule has 3 nitrogen and oxygen atoms in total. The minimum Gasteiger partial charge on any atom is -0.494 e. The van der Waals surface area contributed by atoms with E-state index in [2.05, 4.69) is 41.6 Å². The predicted molar refractivity (Wildman–Crippen MR) is 87.2 cm³/mol. The van der Waals surface area contributed by atoms with Gasteiger partial charge >= 0.3 is 0 Å². The molecule has 1 saturated heterocycles. The number of rotatable bonds is 2. The Morgan fingerprint density at radius 3 is 3.00 bits per heavy atom. The second kappa shape index (κ2) is 5.52. The third-order valence-corrected chi connectivity index (χ3v) is 4.93. The van der Waals surface area contributed by atoms with Gasteiger partial charge in [-0.25, -0.2) is 0 Å². The van der Waals surface area contributed by atoms with Crippen LogP contribution in [-0.2, 0) is 0 Å². The summed E-state index contributed by atoms with van der Waals surface area (Å²) in [5, 5.41) is 1.88. The van der Waals surface area contributed by atoms with Crippen molar-refractivity contribution in [1.29, 1.82) is 0 Å². The number of ether oxygens (including phenoxy) is 1. The zero-order valence-corrected chi connectivity index (χ0v) is 13.0. The van der Waals surface area contributed by atoms with Crippen LogP contribution in [-0.4, -0.2) is 36.2 Å². The molecule has 0 N–H and O–H groups in total. The van der Waals surface area contributed by atoms with Crippen LogP contribution in [0.25, 0.3) is 10.9 Å². The lowest BCUT2D eigenvalue weighted by molar-refractivity contribution is 0.419. The number of aromatic nitrogens is 1. The highest BCUT2D eigenvalue weighted by Gasteiger charge is 2.21. The molecule has 0 spiro atoms. The minimum atomic E-state index is 0.678. The molecule has 0 radical (unpaired) electrons. The Balaban J connectivity index is 2.16. The van der Waals surface area contributed by atoms with E-state index in [1.54, 1.807) is 7.11 Å². The monoisotopic (exact) mass is 288 g/mol. The van der Waals surface area contributed by atoms with Crippen LogP contribution in [0.2, 0.25) is 0 Å². The van der Waals surface area contributed by atoms with Gasteiger partial charge in [0.1, 0.15) is 11.3 Å². The van der Waals surface area contributed by atoms with Crippen LogP contribution in [0, 0.1) is 6.92 Å². The van der Waals surface area contributed by atoms with Gasteiger partial charge in [0.05, 0.1) is 12.8 Å². The second-order valence-electron chi connectivity index (χ2n) is 5.27. The molecule has 0 saturated carbocycles. The number of aryl methyl sites for hydroxylation is 1. The van der Waals surface area contributed by atoms with Crippen molar-refractivity contribution >= 4 is 28.4 Å². The van der Waals surface area contributed by atoms with Gasteiger partial charge in [-0.2, -0.15) is 11.8 Å². The Morgan fingerprint density at radius 2 is 2.25 bits per heavy atom. The summed E-state index contributed by atoms with van der Waals surface area (Å²) in [7, 11) is 1.70. The maximum atomic E-state index is 5.45. The van der Waals surface area contributed by atoms with Gasteiger partial charge in [-0.15, -0.1) is 0 Å². The summed E-state index contributed by atoms with van der Waals surface area (Å²) in [4.78, 5) is 7.07. The smallest absolute Gasteiger partial charge is 0.145 e. The van der Waals surface area contributed by atoms with Crippen molar-refractivity contribution in [3.8, 4) is 5.75 Å². The van der Waals surface area contributed by atoms with Crippen LogP contribution in [0.15, 0.2) is 24.4 Å². The zero-order valence-electron chi connectivity index (χ0n) is 12.2. The first kappa shape index (κ1) is 13.6. The Morgan fingerprint density at radius 1 is 1.40 bits per heavy atom. The topological polar surface area (TPSA) is 25.4 Å². The Labute approximate surface area is 124 Å². The van der Waals surface area contributed by atoms with Crippen LogP contribution >= 0.6 is 11.8 Å². The van der Waals surface area contributed by atoms with Gasteiger partial charge in [-0.1, -0.05) is 19.1 Å². The van der Waals surface area contributed by atoms with Crippen LogP contribution in [0.3, 0.4) is 0 Å². The van der Waals surface area contributed by atoms with E-state index in [0.717, 1.165) is 24.4 Å². The van der Waals surface area contributed by atoms with E-state index in [1.807, 2.05) is 18.3 Å². The first-order valence-corrected chi connectivity index (χ1v) is 8.04. The quantitative estimate of drug-likeness (QED) is 0.844. The molecule has 1 unspecified atom stereocenters. The van der Waals surface area contributed by atoms with Crippen molar-refractivity contribution in [3.63, 3.8) is 0 Å². The summed E-state index contributed by atoms with van der Waals surface area (Å²) in [6.45, 7) is 6.65. The van der Waals surface area contributed by atoms with Crippen LogP contribution in [0.4, 0.5) is 5.69 Å². The highest BCUT2D eigenvalue weighted by atomic mass is 32.2. The molecule has 1 aromatic carbocycles. The van der Waals surface area contributed by atoms with E-state index in [1.165, 1.54) is 22.4 Å². The molecule has 1 aromatic heterocycles. The van der Waals surface area contributed by atoms with Gasteiger partial charge < -0.3 is 9.64 Å². The van der Waals surface area contributed by atoms with E-state index < -0.39 is 0 Å². The first-order valence-electron chi connectivity index (χ1n) is 6.99. The molecule has 3 rings (SSSR count). The van der Waals surface area contributed by atoms with E-state index >= 15 is 0 Å². The van der Waals surface area contributed by atoms with Crippen LogP contribution in [0.1, 0.15) is 12.5 Å². The van der Waals surface area contributed by atoms with Gasteiger partial charge in [-0.05, 0) is 18.6 Å². The van der Waals surface area contributed by atoms with Gasteiger partial charge in [0.2, 0.25) is 0 Å². The summed E-state index contributed by atoms with van der Waals surface area (Å²) in [5.74, 6) is 2.04. The summed E-state index contributed by atoms with van der Waals surface area (Å²) in [5.41, 5.74) is 3.52. The van der Waals surface area contributed by atoms with Gasteiger partial charge in [0.25, 0.3) is 0 Å². The fourth-order valence-corrected chi connectivity index (χ4v) is 3.90. The number of hydrogen-bond donors (Lipinski definition) is 0. The van der Waals surface area contributed by atoms with Crippen molar-refractivity contribution in [2.24, 2.45) is 0 Å². The molecule has 1 aliphatic heterocycles. The molecule has 1 aliphatic rings. The molecule has 2 aromatic rings. The highest BCUT2D eigenvalue weighted by Crippen LogP contribution is 2.35.